The lowest BCUT2D eigenvalue weighted by Gasteiger charge is -2.40. The standard InChI is InChI=1S/C52H108N.NO3/c1-5-9-13-17-21-25-29-30-31-32-36-40-44-48-52-53(49-45-41-37-33-26-22-18-14-10-6-2,50-46-42-38-34-27-23-19-15-11-7-3)51-47-43-39-35-28-24-20-16-12-8-4;2-1(3)4/h5-52H2,1-4H3;/q+1;-1. The molecule has 0 N–H and O–H groups in total. The van der Waals surface area contributed by atoms with E-state index in [9.17, 15) is 0 Å². The number of rotatable bonds is 48. The Balaban J connectivity index is 0. The molecular weight excluding hydrogens is 701 g/mol. The molecule has 0 fully saturated rings. The van der Waals surface area contributed by atoms with Crippen molar-refractivity contribution in [3.8, 4) is 0 Å². The first-order valence-corrected chi connectivity index (χ1v) is 26.6. The van der Waals surface area contributed by atoms with Crippen LogP contribution in [0.5, 0.6) is 0 Å². The van der Waals surface area contributed by atoms with Crippen molar-refractivity contribution in [1.29, 1.82) is 0 Å². The first kappa shape index (κ1) is 58.3. The Morgan fingerprint density at radius 3 is 0.474 bits per heavy atom. The number of quaternary nitrogens is 1. The van der Waals surface area contributed by atoms with Crippen LogP contribution in [0.15, 0.2) is 0 Å². The summed E-state index contributed by atoms with van der Waals surface area (Å²) in [7, 11) is 0. The van der Waals surface area contributed by atoms with Gasteiger partial charge in [0.25, 0.3) is 0 Å². The van der Waals surface area contributed by atoms with Crippen LogP contribution in [-0.2, 0) is 0 Å². The second-order valence-electron chi connectivity index (χ2n) is 18.6. The van der Waals surface area contributed by atoms with Crippen LogP contribution in [0.3, 0.4) is 0 Å². The van der Waals surface area contributed by atoms with E-state index in [1.54, 1.807) is 0 Å². The Labute approximate surface area is 360 Å². The van der Waals surface area contributed by atoms with Crippen molar-refractivity contribution in [2.24, 2.45) is 0 Å². The highest BCUT2D eigenvalue weighted by Crippen LogP contribution is 2.22. The maximum Gasteiger partial charge on any atom is 0.0786 e. The molecule has 0 saturated carbocycles. The van der Waals surface area contributed by atoms with Crippen LogP contribution in [0.4, 0.5) is 0 Å². The molecule has 0 radical (unpaired) electrons. The third-order valence-corrected chi connectivity index (χ3v) is 12.9. The van der Waals surface area contributed by atoms with Crippen LogP contribution in [-0.4, -0.2) is 35.7 Å². The zero-order chi connectivity index (χ0) is 42.0. The van der Waals surface area contributed by atoms with Gasteiger partial charge in [-0.25, -0.2) is 0 Å². The summed E-state index contributed by atoms with van der Waals surface area (Å²) in [5.41, 5.74) is 0. The molecule has 0 aromatic heterocycles. The van der Waals surface area contributed by atoms with Crippen molar-refractivity contribution in [3.05, 3.63) is 15.3 Å². The second-order valence-corrected chi connectivity index (χ2v) is 18.6. The zero-order valence-corrected chi connectivity index (χ0v) is 40.1. The maximum absolute atomic E-state index is 8.25. The molecule has 0 spiro atoms. The van der Waals surface area contributed by atoms with E-state index < -0.39 is 5.09 Å². The molecule has 5 nitrogen and oxygen atoms in total. The third-order valence-electron chi connectivity index (χ3n) is 12.9. The van der Waals surface area contributed by atoms with E-state index in [4.69, 9.17) is 15.3 Å². The molecule has 0 heterocycles. The van der Waals surface area contributed by atoms with E-state index >= 15 is 0 Å². The average molecular weight is 809 g/mol. The smallest absolute Gasteiger partial charge is 0.0786 e. The minimum atomic E-state index is -1.75. The summed E-state index contributed by atoms with van der Waals surface area (Å²) in [5.74, 6) is 0. The summed E-state index contributed by atoms with van der Waals surface area (Å²) >= 11 is 0. The van der Waals surface area contributed by atoms with E-state index in [0.717, 1.165) is 0 Å². The van der Waals surface area contributed by atoms with E-state index in [1.807, 2.05) is 0 Å². The van der Waals surface area contributed by atoms with Gasteiger partial charge in [-0.05, 0) is 51.4 Å². The second kappa shape index (κ2) is 51.3. The van der Waals surface area contributed by atoms with Crippen LogP contribution in [0.25, 0.3) is 0 Å². The lowest BCUT2D eigenvalue weighted by atomic mass is 10.0. The molecule has 0 aliphatic rings. The molecule has 0 saturated heterocycles. The fourth-order valence-corrected chi connectivity index (χ4v) is 9.12. The first-order chi connectivity index (χ1) is 28.0. The molecule has 0 rings (SSSR count). The number of nitrogens with zero attached hydrogens (tertiary/aromatic N) is 2. The van der Waals surface area contributed by atoms with Gasteiger partial charge in [0.15, 0.2) is 0 Å². The lowest BCUT2D eigenvalue weighted by Crippen LogP contribution is -2.50. The highest BCUT2D eigenvalue weighted by Gasteiger charge is 2.25. The summed E-state index contributed by atoms with van der Waals surface area (Å²) < 4.78 is 1.49. The fraction of sp³-hybridized carbons (Fsp3) is 1.00. The summed E-state index contributed by atoms with van der Waals surface area (Å²) in [6.07, 6.45) is 64.7. The molecule has 0 amide bonds. The van der Waals surface area contributed by atoms with Gasteiger partial charge in [0.2, 0.25) is 0 Å². The van der Waals surface area contributed by atoms with Gasteiger partial charge in [-0.2, -0.15) is 0 Å². The van der Waals surface area contributed by atoms with Crippen molar-refractivity contribution in [3.63, 3.8) is 0 Å². The molecule has 0 unspecified atom stereocenters. The molecule has 5 heteroatoms. The van der Waals surface area contributed by atoms with E-state index in [1.165, 1.54) is 313 Å². The summed E-state index contributed by atoms with van der Waals surface area (Å²) in [6, 6.07) is 0. The van der Waals surface area contributed by atoms with Crippen LogP contribution in [0.2, 0.25) is 0 Å². The minimum Gasteiger partial charge on any atom is -0.356 e. The van der Waals surface area contributed by atoms with Crippen molar-refractivity contribution in [2.75, 3.05) is 26.2 Å². The predicted octanol–water partition coefficient (Wildman–Crippen LogP) is 18.8. The van der Waals surface area contributed by atoms with Crippen LogP contribution in [0.1, 0.15) is 310 Å². The highest BCUT2D eigenvalue weighted by atomic mass is 16.9. The monoisotopic (exact) mass is 809 g/mol. The van der Waals surface area contributed by atoms with Gasteiger partial charge >= 0.3 is 0 Å². The fourth-order valence-electron chi connectivity index (χ4n) is 9.12. The Kier molecular flexibility index (Phi) is 52.4. The summed E-state index contributed by atoms with van der Waals surface area (Å²) in [6.45, 7) is 15.3. The van der Waals surface area contributed by atoms with Gasteiger partial charge in [-0.1, -0.05) is 259 Å². The number of unbranched alkanes of at least 4 members (excludes halogenated alkanes) is 40. The largest absolute Gasteiger partial charge is 0.356 e. The molecule has 0 aliphatic carbocycles. The summed E-state index contributed by atoms with van der Waals surface area (Å²) in [5, 5.41) is 14.8. The van der Waals surface area contributed by atoms with Crippen molar-refractivity contribution < 1.29 is 9.57 Å². The quantitative estimate of drug-likeness (QED) is 0.0266. The maximum atomic E-state index is 8.25. The van der Waals surface area contributed by atoms with Gasteiger partial charge in [0.1, 0.15) is 0 Å². The zero-order valence-electron chi connectivity index (χ0n) is 40.1. The Morgan fingerprint density at radius 2 is 0.351 bits per heavy atom. The first-order valence-electron chi connectivity index (χ1n) is 26.6. The van der Waals surface area contributed by atoms with Crippen LogP contribution >= 0.6 is 0 Å². The number of hydrogen-bond donors (Lipinski definition) is 0. The van der Waals surface area contributed by atoms with Gasteiger partial charge in [-0.15, -0.1) is 0 Å². The predicted molar refractivity (Wildman–Crippen MR) is 256 cm³/mol. The molecule has 0 atom stereocenters. The highest BCUT2D eigenvalue weighted by molar-refractivity contribution is 4.57. The van der Waals surface area contributed by atoms with Gasteiger partial charge in [-0.3, -0.25) is 0 Å². The van der Waals surface area contributed by atoms with Crippen molar-refractivity contribution >= 4 is 0 Å². The molecule has 0 bridgehead atoms. The topological polar surface area (TPSA) is 66.2 Å². The SMILES string of the molecule is CCCCCCCCCCCCCCCC[N+](CCCCCCCCCCCC)(CCCCCCCCCCCC)CCCCCCCCCCCC.O=[N+]([O-])[O-]. The molecule has 0 aromatic carbocycles. The van der Waals surface area contributed by atoms with Crippen LogP contribution in [0, 0.1) is 15.3 Å². The Morgan fingerprint density at radius 1 is 0.246 bits per heavy atom. The molecule has 57 heavy (non-hydrogen) atoms. The minimum absolute atomic E-state index is 1.37. The molecule has 0 aromatic rings. The van der Waals surface area contributed by atoms with Gasteiger partial charge in [0, 0.05) is 0 Å². The molecular formula is C52H108N2O3. The normalized spacial score (nSPS) is 11.6. The lowest BCUT2D eigenvalue weighted by molar-refractivity contribution is -0.929. The third kappa shape index (κ3) is 51.2. The molecule has 0 aliphatic heterocycles. The van der Waals surface area contributed by atoms with Crippen LogP contribution < -0.4 is 0 Å². The summed E-state index contributed by atoms with van der Waals surface area (Å²) in [4.78, 5) is 8.25. The van der Waals surface area contributed by atoms with E-state index in [0.29, 0.717) is 0 Å². The van der Waals surface area contributed by atoms with E-state index in [2.05, 4.69) is 27.7 Å². The average Bonchev–Trinajstić information content (AvgIpc) is 3.20. The molecule has 344 valence electrons. The van der Waals surface area contributed by atoms with Crippen molar-refractivity contribution in [1.82, 2.24) is 0 Å². The Bertz CT molecular complexity index is 668. The van der Waals surface area contributed by atoms with Gasteiger partial charge < -0.3 is 19.8 Å². The van der Waals surface area contributed by atoms with Gasteiger partial charge in [0.05, 0.1) is 31.3 Å². The number of hydrogen-bond acceptors (Lipinski definition) is 3. The van der Waals surface area contributed by atoms with Crippen molar-refractivity contribution in [2.45, 2.75) is 310 Å². The Hall–Kier alpha value is -0.840. The van der Waals surface area contributed by atoms with E-state index in [-0.39, 0.29) is 0 Å².